The van der Waals surface area contributed by atoms with Crippen molar-refractivity contribution in [3.8, 4) is 0 Å². The van der Waals surface area contributed by atoms with Crippen LogP contribution in [-0.2, 0) is 19.6 Å². The Balaban J connectivity index is 1.47. The second kappa shape index (κ2) is 8.79. The molecule has 168 valence electrons. The lowest BCUT2D eigenvalue weighted by molar-refractivity contribution is -0.121. The third-order valence-corrected chi connectivity index (χ3v) is 6.21. The Kier molecular flexibility index (Phi) is 5.88. The first-order chi connectivity index (χ1) is 15.7. The van der Waals surface area contributed by atoms with Crippen molar-refractivity contribution in [2.45, 2.75) is 24.7 Å². The van der Waals surface area contributed by atoms with E-state index < -0.39 is 15.9 Å². The molecule has 2 aromatic carbocycles. The van der Waals surface area contributed by atoms with Crippen LogP contribution < -0.4 is 14.9 Å². The number of aromatic nitrogens is 2. The lowest BCUT2D eigenvalue weighted by atomic mass is 10.1. The molecule has 1 aliphatic rings. The molecule has 4 rings (SSSR count). The lowest BCUT2D eigenvalue weighted by Gasteiger charge is -2.15. The van der Waals surface area contributed by atoms with E-state index in [0.717, 1.165) is 4.90 Å². The zero-order valence-corrected chi connectivity index (χ0v) is 18.3. The van der Waals surface area contributed by atoms with E-state index in [1.165, 1.54) is 36.5 Å². The third kappa shape index (κ3) is 4.88. The summed E-state index contributed by atoms with van der Waals surface area (Å²) < 4.78 is 27.4. The van der Waals surface area contributed by atoms with Crippen molar-refractivity contribution in [1.82, 2.24) is 9.97 Å². The summed E-state index contributed by atoms with van der Waals surface area (Å²) in [7, 11) is -3.91. The Bertz CT molecular complexity index is 1340. The molecule has 1 saturated heterocycles. The quantitative estimate of drug-likeness (QED) is 0.533. The van der Waals surface area contributed by atoms with E-state index in [1.807, 2.05) is 0 Å². The van der Waals surface area contributed by atoms with Gasteiger partial charge in [-0.15, -0.1) is 0 Å². The number of hydrogen-bond acceptors (Lipinski definition) is 7. The van der Waals surface area contributed by atoms with Gasteiger partial charge in [0, 0.05) is 36.0 Å². The molecule has 0 bridgehead atoms. The molecule has 3 amide bonds. The van der Waals surface area contributed by atoms with Gasteiger partial charge in [-0.25, -0.2) is 23.1 Å². The van der Waals surface area contributed by atoms with E-state index >= 15 is 0 Å². The van der Waals surface area contributed by atoms with Crippen LogP contribution in [0.1, 0.15) is 28.9 Å². The van der Waals surface area contributed by atoms with Crippen LogP contribution >= 0.6 is 0 Å². The molecule has 1 aliphatic heterocycles. The highest BCUT2D eigenvalue weighted by Crippen LogP contribution is 2.24. The van der Waals surface area contributed by atoms with Gasteiger partial charge >= 0.3 is 0 Å². The lowest BCUT2D eigenvalue weighted by Crippen LogP contribution is -2.28. The molecule has 1 aromatic heterocycles. The van der Waals surface area contributed by atoms with E-state index in [1.54, 1.807) is 31.2 Å². The van der Waals surface area contributed by atoms with Crippen LogP contribution in [-0.4, -0.2) is 36.1 Å². The molecule has 10 nitrogen and oxygen atoms in total. The summed E-state index contributed by atoms with van der Waals surface area (Å²) in [5, 5.41) is 2.67. The van der Waals surface area contributed by atoms with E-state index in [0.29, 0.717) is 17.1 Å². The zero-order chi connectivity index (χ0) is 23.6. The minimum absolute atomic E-state index is 0.0290. The smallest absolute Gasteiger partial charge is 0.264 e. The fourth-order valence-corrected chi connectivity index (χ4v) is 4.20. The first kappa shape index (κ1) is 22.1. The molecule has 0 spiro atoms. The van der Waals surface area contributed by atoms with Crippen LogP contribution in [0.3, 0.4) is 0 Å². The van der Waals surface area contributed by atoms with E-state index in [9.17, 15) is 22.8 Å². The number of carbonyl (C=O) groups is 3. The van der Waals surface area contributed by atoms with Gasteiger partial charge in [0.1, 0.15) is 0 Å². The molecular weight excluding hydrogens is 446 g/mol. The molecular formula is C22H19N5O5S. The third-order valence-electron chi connectivity index (χ3n) is 4.86. The van der Waals surface area contributed by atoms with E-state index in [4.69, 9.17) is 0 Å². The topological polar surface area (TPSA) is 138 Å². The molecule has 3 aromatic rings. The van der Waals surface area contributed by atoms with Crippen molar-refractivity contribution in [3.05, 3.63) is 72.1 Å². The van der Waals surface area contributed by atoms with Crippen LogP contribution in [0.2, 0.25) is 0 Å². The number of amides is 3. The highest BCUT2D eigenvalue weighted by Gasteiger charge is 2.30. The molecule has 1 fully saturated rings. The second-order valence-electron chi connectivity index (χ2n) is 7.28. The maximum Gasteiger partial charge on any atom is 0.264 e. The minimum atomic E-state index is -3.91. The number of anilines is 3. The van der Waals surface area contributed by atoms with Gasteiger partial charge in [0.15, 0.2) is 0 Å². The minimum Gasteiger partial charge on any atom is -0.322 e. The Morgan fingerprint density at radius 2 is 1.70 bits per heavy atom. The molecule has 33 heavy (non-hydrogen) atoms. The Morgan fingerprint density at radius 3 is 2.36 bits per heavy atom. The summed E-state index contributed by atoms with van der Waals surface area (Å²) in [6.45, 7) is 1.72. The molecule has 0 aliphatic carbocycles. The van der Waals surface area contributed by atoms with Crippen LogP contribution in [0.25, 0.3) is 0 Å². The summed E-state index contributed by atoms with van der Waals surface area (Å²) in [6.07, 6.45) is 1.74. The zero-order valence-electron chi connectivity index (χ0n) is 17.5. The van der Waals surface area contributed by atoms with Gasteiger partial charge in [0.05, 0.1) is 10.6 Å². The molecule has 2 heterocycles. The van der Waals surface area contributed by atoms with Crippen LogP contribution in [0, 0.1) is 6.92 Å². The van der Waals surface area contributed by atoms with Crippen LogP contribution in [0.5, 0.6) is 0 Å². The Morgan fingerprint density at radius 1 is 1.00 bits per heavy atom. The summed E-state index contributed by atoms with van der Waals surface area (Å²) in [5.74, 6) is -1.13. The molecule has 0 unspecified atom stereocenters. The van der Waals surface area contributed by atoms with E-state index in [2.05, 4.69) is 20.0 Å². The van der Waals surface area contributed by atoms with Crippen LogP contribution in [0.15, 0.2) is 65.7 Å². The monoisotopic (exact) mass is 465 g/mol. The van der Waals surface area contributed by atoms with Gasteiger partial charge in [-0.3, -0.25) is 19.3 Å². The van der Waals surface area contributed by atoms with Gasteiger partial charge in [-0.2, -0.15) is 0 Å². The first-order valence-corrected chi connectivity index (χ1v) is 11.4. The number of imide groups is 1. The average Bonchev–Trinajstić information content (AvgIpc) is 3.12. The SMILES string of the molecule is Cc1ccnc(NS(=O)(=O)c2ccc(NC(=O)c3cccc(N4C(=O)CCC4=O)c3)cc2)n1. The maximum absolute atomic E-state index is 12.7. The maximum atomic E-state index is 12.7. The van der Waals surface area contributed by atoms with Crippen LogP contribution in [0.4, 0.5) is 17.3 Å². The Labute approximate surface area is 189 Å². The number of hydrogen-bond donors (Lipinski definition) is 2. The summed E-state index contributed by atoms with van der Waals surface area (Å²) >= 11 is 0. The number of carbonyl (C=O) groups excluding carboxylic acids is 3. The van der Waals surface area contributed by atoms with Crippen molar-refractivity contribution in [1.29, 1.82) is 0 Å². The van der Waals surface area contributed by atoms with Gasteiger partial charge in [-0.1, -0.05) is 6.07 Å². The Hall–Kier alpha value is -4.12. The number of nitrogens with zero attached hydrogens (tertiary/aromatic N) is 3. The predicted molar refractivity (Wildman–Crippen MR) is 120 cm³/mol. The number of sulfonamides is 1. The number of aryl methyl sites for hydroxylation is 1. The van der Waals surface area contributed by atoms with Gasteiger partial charge < -0.3 is 5.32 Å². The van der Waals surface area contributed by atoms with Gasteiger partial charge in [-0.05, 0) is 55.5 Å². The summed E-state index contributed by atoms with van der Waals surface area (Å²) in [4.78, 5) is 45.5. The highest BCUT2D eigenvalue weighted by molar-refractivity contribution is 7.92. The fourth-order valence-electron chi connectivity index (χ4n) is 3.25. The van der Waals surface area contributed by atoms with Crippen molar-refractivity contribution in [2.75, 3.05) is 14.9 Å². The van der Waals surface area contributed by atoms with Crippen molar-refractivity contribution in [2.24, 2.45) is 0 Å². The largest absolute Gasteiger partial charge is 0.322 e. The van der Waals surface area contributed by atoms with Gasteiger partial charge in [0.2, 0.25) is 17.8 Å². The molecule has 2 N–H and O–H groups in total. The van der Waals surface area contributed by atoms with Crippen molar-refractivity contribution >= 4 is 45.1 Å². The molecule has 11 heteroatoms. The van der Waals surface area contributed by atoms with E-state index in [-0.39, 0.29) is 41.1 Å². The predicted octanol–water partition coefficient (Wildman–Crippen LogP) is 2.49. The van der Waals surface area contributed by atoms with Crippen molar-refractivity contribution < 1.29 is 22.8 Å². The number of rotatable bonds is 6. The molecule has 0 radical (unpaired) electrons. The standard InChI is InChI=1S/C22H19N5O5S/c1-14-11-12-23-22(24-14)26-33(31,32)18-7-5-16(6-8-18)25-21(30)15-3-2-4-17(13-15)27-19(28)9-10-20(27)29/h2-8,11-13H,9-10H2,1H3,(H,25,30)(H,23,24,26). The average molecular weight is 465 g/mol. The van der Waals surface area contributed by atoms with Gasteiger partial charge in [0.25, 0.3) is 15.9 Å². The summed E-state index contributed by atoms with van der Waals surface area (Å²) in [5.41, 5.74) is 1.56. The summed E-state index contributed by atoms with van der Waals surface area (Å²) in [6, 6.07) is 13.4. The normalized spacial score (nSPS) is 13.8. The fraction of sp³-hybridized carbons (Fsp3) is 0.136. The second-order valence-corrected chi connectivity index (χ2v) is 8.96. The highest BCUT2D eigenvalue weighted by atomic mass is 32.2. The molecule has 0 saturated carbocycles. The first-order valence-electron chi connectivity index (χ1n) is 9.93. The molecule has 0 atom stereocenters. The van der Waals surface area contributed by atoms with Crippen molar-refractivity contribution in [3.63, 3.8) is 0 Å². The number of nitrogens with one attached hydrogen (secondary N) is 2. The number of benzene rings is 2.